The molecule has 1 amide bonds. The molecule has 0 saturated heterocycles. The van der Waals surface area contributed by atoms with Crippen LogP contribution in [-0.4, -0.2) is 24.6 Å². The Morgan fingerprint density at radius 3 is 1.95 bits per heavy atom. The van der Waals surface area contributed by atoms with Crippen LogP contribution in [0.1, 0.15) is 11.1 Å². The van der Waals surface area contributed by atoms with Gasteiger partial charge in [0.25, 0.3) is 5.91 Å². The summed E-state index contributed by atoms with van der Waals surface area (Å²) in [5, 5.41) is 0. The van der Waals surface area contributed by atoms with Crippen molar-refractivity contribution in [3.8, 4) is 0 Å². The third-order valence-electron chi connectivity index (χ3n) is 3.06. The Hall–Kier alpha value is -2.13. The average Bonchev–Trinajstić information content (AvgIpc) is 2.39. The second-order valence-electron chi connectivity index (χ2n) is 5.53. The predicted molar refractivity (Wildman–Crippen MR) is 80.5 cm³/mol. The molecule has 0 aliphatic heterocycles. The van der Waals surface area contributed by atoms with Gasteiger partial charge < -0.3 is 0 Å². The van der Waals surface area contributed by atoms with Gasteiger partial charge in [0, 0.05) is 5.56 Å². The van der Waals surface area contributed by atoms with E-state index in [1.807, 2.05) is 62.6 Å². The van der Waals surface area contributed by atoms with E-state index in [1.165, 1.54) is 5.56 Å². The zero-order valence-electron chi connectivity index (χ0n) is 12.0. The average molecular weight is 269 g/mol. The summed E-state index contributed by atoms with van der Waals surface area (Å²) in [5.74, 6) is 0.0390. The Labute approximate surface area is 120 Å². The van der Waals surface area contributed by atoms with E-state index in [1.54, 1.807) is 0 Å². The fraction of sp³-hybridized carbons (Fsp3) is 0.235. The zero-order valence-corrected chi connectivity index (χ0v) is 12.0. The predicted octanol–water partition coefficient (Wildman–Crippen LogP) is 2.54. The Balaban J connectivity index is 1.92. The molecule has 0 fully saturated rings. The summed E-state index contributed by atoms with van der Waals surface area (Å²) in [7, 11) is 3.99. The number of carbonyl (C=O) groups is 1. The first-order valence-corrected chi connectivity index (χ1v) is 6.77. The highest BCUT2D eigenvalue weighted by Crippen LogP contribution is 2.07. The lowest BCUT2D eigenvalue weighted by Gasteiger charge is -2.29. The molecular formula is C17H21N2O+. The summed E-state index contributed by atoms with van der Waals surface area (Å²) in [4.78, 5) is 12.1. The van der Waals surface area contributed by atoms with Gasteiger partial charge in [-0.3, -0.25) is 4.79 Å². The van der Waals surface area contributed by atoms with E-state index in [-0.39, 0.29) is 5.91 Å². The maximum atomic E-state index is 12.1. The minimum Gasteiger partial charge on any atom is -0.270 e. The molecule has 3 nitrogen and oxygen atoms in total. The molecule has 104 valence electrons. The van der Waals surface area contributed by atoms with E-state index in [2.05, 4.69) is 17.6 Å². The van der Waals surface area contributed by atoms with Gasteiger partial charge in [0.15, 0.2) is 0 Å². The first-order chi connectivity index (χ1) is 9.55. The molecule has 0 heterocycles. The fourth-order valence-corrected chi connectivity index (χ4v) is 2.24. The van der Waals surface area contributed by atoms with Crippen LogP contribution in [0.25, 0.3) is 0 Å². The van der Waals surface area contributed by atoms with Crippen LogP contribution in [0.2, 0.25) is 0 Å². The second-order valence-corrected chi connectivity index (χ2v) is 5.53. The number of quaternary nitrogens is 1. The molecule has 0 bridgehead atoms. The summed E-state index contributed by atoms with van der Waals surface area (Å²) in [5.41, 5.74) is 5.29. The molecule has 2 aromatic carbocycles. The number of amides is 1. The summed E-state index contributed by atoms with van der Waals surface area (Å²) < 4.78 is 0.440. The van der Waals surface area contributed by atoms with E-state index in [0.717, 1.165) is 12.1 Å². The van der Waals surface area contributed by atoms with Crippen LogP contribution in [-0.2, 0) is 17.8 Å². The van der Waals surface area contributed by atoms with Crippen LogP contribution in [0.15, 0.2) is 60.7 Å². The van der Waals surface area contributed by atoms with Gasteiger partial charge in [-0.2, -0.15) is 0 Å². The van der Waals surface area contributed by atoms with Crippen molar-refractivity contribution in [3.63, 3.8) is 0 Å². The van der Waals surface area contributed by atoms with E-state index in [0.29, 0.717) is 11.0 Å². The molecule has 2 aromatic rings. The van der Waals surface area contributed by atoms with Crippen molar-refractivity contribution in [3.05, 3.63) is 71.8 Å². The molecule has 0 unspecified atom stereocenters. The minimum absolute atomic E-state index is 0.0390. The van der Waals surface area contributed by atoms with Gasteiger partial charge in [-0.05, 0) is 5.56 Å². The Kier molecular flexibility index (Phi) is 4.53. The van der Waals surface area contributed by atoms with Crippen LogP contribution in [0, 0.1) is 0 Å². The molecule has 0 aliphatic rings. The van der Waals surface area contributed by atoms with Crippen molar-refractivity contribution in [1.29, 1.82) is 0 Å². The standard InChI is InChI=1S/C17H20N2O/c1-19(2,14-16-11-7-4-8-12-16)18-17(20)13-15-9-5-3-6-10-15/h3-12H,13-14H2,1-2H3/p+1. The van der Waals surface area contributed by atoms with E-state index < -0.39 is 0 Å². The summed E-state index contributed by atoms with van der Waals surface area (Å²) in [6, 6.07) is 20.0. The second kappa shape index (κ2) is 6.35. The number of nitrogens with zero attached hydrogens (tertiary/aromatic N) is 1. The lowest BCUT2D eigenvalue weighted by atomic mass is 10.1. The highest BCUT2D eigenvalue weighted by molar-refractivity contribution is 5.77. The first kappa shape index (κ1) is 14.3. The lowest BCUT2D eigenvalue weighted by Crippen LogP contribution is -2.54. The van der Waals surface area contributed by atoms with Gasteiger partial charge in [0.1, 0.15) is 6.54 Å². The van der Waals surface area contributed by atoms with Crippen LogP contribution >= 0.6 is 0 Å². The topological polar surface area (TPSA) is 29.1 Å². The summed E-state index contributed by atoms with van der Waals surface area (Å²) >= 11 is 0. The Morgan fingerprint density at radius 1 is 0.900 bits per heavy atom. The molecular weight excluding hydrogens is 248 g/mol. The summed E-state index contributed by atoms with van der Waals surface area (Å²) in [6.45, 7) is 0.765. The lowest BCUT2D eigenvalue weighted by molar-refractivity contribution is -0.938. The molecule has 2 rings (SSSR count). The highest BCUT2D eigenvalue weighted by atomic mass is 16.2. The zero-order chi connectivity index (χ0) is 14.4. The maximum absolute atomic E-state index is 12.1. The van der Waals surface area contributed by atoms with Gasteiger partial charge in [0.2, 0.25) is 0 Å². The molecule has 20 heavy (non-hydrogen) atoms. The number of hydrogen-bond acceptors (Lipinski definition) is 1. The number of rotatable bonds is 5. The van der Waals surface area contributed by atoms with E-state index in [9.17, 15) is 4.79 Å². The van der Waals surface area contributed by atoms with Crippen molar-refractivity contribution in [2.45, 2.75) is 13.0 Å². The van der Waals surface area contributed by atoms with Gasteiger partial charge in [0.05, 0.1) is 20.5 Å². The van der Waals surface area contributed by atoms with Crippen LogP contribution in [0.4, 0.5) is 0 Å². The smallest absolute Gasteiger partial charge is 0.269 e. The number of hydrogen-bond donors (Lipinski definition) is 1. The van der Waals surface area contributed by atoms with Crippen LogP contribution < -0.4 is 5.43 Å². The monoisotopic (exact) mass is 269 g/mol. The molecule has 0 atom stereocenters. The van der Waals surface area contributed by atoms with E-state index in [4.69, 9.17) is 0 Å². The summed E-state index contributed by atoms with van der Waals surface area (Å²) in [6.07, 6.45) is 0.414. The van der Waals surface area contributed by atoms with Crippen molar-refractivity contribution < 1.29 is 9.39 Å². The Bertz CT molecular complexity index is 550. The SMILES string of the molecule is C[N+](C)(Cc1ccccc1)NC(=O)Cc1ccccc1. The molecule has 0 aromatic heterocycles. The molecule has 0 saturated carbocycles. The largest absolute Gasteiger partial charge is 0.270 e. The quantitative estimate of drug-likeness (QED) is 0.656. The number of benzene rings is 2. The molecule has 3 heteroatoms. The Morgan fingerprint density at radius 2 is 1.40 bits per heavy atom. The molecule has 0 aliphatic carbocycles. The first-order valence-electron chi connectivity index (χ1n) is 6.77. The maximum Gasteiger partial charge on any atom is 0.269 e. The van der Waals surface area contributed by atoms with Crippen molar-refractivity contribution >= 4 is 5.91 Å². The van der Waals surface area contributed by atoms with Gasteiger partial charge in [-0.15, -0.1) is 0 Å². The van der Waals surface area contributed by atoms with Gasteiger partial charge >= 0.3 is 0 Å². The molecule has 1 N–H and O–H groups in total. The third kappa shape index (κ3) is 4.52. The third-order valence-corrected chi connectivity index (χ3v) is 3.06. The van der Waals surface area contributed by atoms with Gasteiger partial charge in [-0.1, -0.05) is 60.7 Å². The van der Waals surface area contributed by atoms with Crippen LogP contribution in [0.3, 0.4) is 0 Å². The number of carbonyl (C=O) groups excluding carboxylic acids is 1. The molecule has 0 radical (unpaired) electrons. The normalized spacial score (nSPS) is 11.1. The number of nitrogens with one attached hydrogen (secondary N) is 1. The highest BCUT2D eigenvalue weighted by Gasteiger charge is 2.19. The fourth-order valence-electron chi connectivity index (χ4n) is 2.24. The van der Waals surface area contributed by atoms with E-state index >= 15 is 0 Å². The van der Waals surface area contributed by atoms with Crippen LogP contribution in [0.5, 0.6) is 0 Å². The van der Waals surface area contributed by atoms with Crippen molar-refractivity contribution in [1.82, 2.24) is 5.43 Å². The minimum atomic E-state index is 0.0390. The molecule has 0 spiro atoms. The van der Waals surface area contributed by atoms with Crippen molar-refractivity contribution in [2.75, 3.05) is 14.1 Å². The van der Waals surface area contributed by atoms with Gasteiger partial charge in [-0.25, -0.2) is 10.0 Å². The van der Waals surface area contributed by atoms with Crippen molar-refractivity contribution in [2.24, 2.45) is 0 Å².